The highest BCUT2D eigenvalue weighted by Crippen LogP contribution is 2.26. The second kappa shape index (κ2) is 4.60. The van der Waals surface area contributed by atoms with Crippen molar-refractivity contribution in [2.75, 3.05) is 4.43 Å². The minimum absolute atomic E-state index is 0.792. The van der Waals surface area contributed by atoms with E-state index in [-0.39, 0.29) is 0 Å². The van der Waals surface area contributed by atoms with Gasteiger partial charge in [-0.2, -0.15) is 0 Å². The first-order valence-electron chi connectivity index (χ1n) is 2.19. The molecule has 0 aromatic carbocycles. The molecule has 5 heteroatoms. The van der Waals surface area contributed by atoms with Gasteiger partial charge in [0.1, 0.15) is 0 Å². The van der Waals surface area contributed by atoms with Gasteiger partial charge in [-0.3, -0.25) is 0 Å². The first kappa shape index (κ1) is 9.82. The van der Waals surface area contributed by atoms with Gasteiger partial charge in [0.2, 0.25) is 0 Å². The summed E-state index contributed by atoms with van der Waals surface area (Å²) >= 11 is 19.0. The molecular formula is C3H6Cl3ISi. The quantitative estimate of drug-likeness (QED) is 0.324. The largest absolute Gasteiger partial charge is 0.341 e. The monoisotopic (exact) mass is 302 g/mol. The van der Waals surface area contributed by atoms with Crippen molar-refractivity contribution in [1.29, 1.82) is 0 Å². The third-order valence-corrected chi connectivity index (χ3v) is 3.98. The van der Waals surface area contributed by atoms with Gasteiger partial charge < -0.3 is 0 Å². The number of halogens is 4. The fourth-order valence-corrected chi connectivity index (χ4v) is 3.15. The molecule has 0 bridgehead atoms. The SMILES string of the molecule is Cl[Si](Cl)(Cl)CCCI. The Balaban J connectivity index is 3.11. The van der Waals surface area contributed by atoms with E-state index in [9.17, 15) is 0 Å². The lowest BCUT2D eigenvalue weighted by Gasteiger charge is -2.03. The van der Waals surface area contributed by atoms with Gasteiger partial charge in [-0.25, -0.2) is 0 Å². The zero-order chi connectivity index (χ0) is 6.62. The van der Waals surface area contributed by atoms with E-state index >= 15 is 0 Å². The maximum atomic E-state index is 5.58. The standard InChI is InChI=1S/C3H6Cl3ISi/c4-8(5,6)3-1-2-7/h1-3H2. The summed E-state index contributed by atoms with van der Waals surface area (Å²) in [7, 11) is 0. The third-order valence-electron chi connectivity index (χ3n) is 0.594. The highest BCUT2D eigenvalue weighted by Gasteiger charge is 2.23. The normalized spacial score (nSPS) is 12.0. The summed E-state index contributed by atoms with van der Waals surface area (Å²) < 4.78 is 1.08. The predicted molar refractivity (Wildman–Crippen MR) is 51.6 cm³/mol. The molecule has 0 aliphatic rings. The van der Waals surface area contributed by atoms with Crippen LogP contribution in [-0.2, 0) is 0 Å². The van der Waals surface area contributed by atoms with Crippen LogP contribution in [0.2, 0.25) is 6.04 Å². The summed E-state index contributed by atoms with van der Waals surface area (Å²) in [6.45, 7) is 0. The second-order valence-corrected chi connectivity index (χ2v) is 11.8. The average molecular weight is 303 g/mol. The third kappa shape index (κ3) is 7.82. The van der Waals surface area contributed by atoms with Crippen molar-refractivity contribution in [3.63, 3.8) is 0 Å². The van der Waals surface area contributed by atoms with Crippen molar-refractivity contribution < 1.29 is 0 Å². The smallest absolute Gasteiger partial charge is 0.126 e. The minimum atomic E-state index is -2.27. The molecule has 0 amide bonds. The lowest BCUT2D eigenvalue weighted by atomic mass is 10.6. The van der Waals surface area contributed by atoms with Crippen LogP contribution >= 0.6 is 55.8 Å². The first-order valence-corrected chi connectivity index (χ1v) is 8.96. The van der Waals surface area contributed by atoms with Crippen molar-refractivity contribution in [3.8, 4) is 0 Å². The van der Waals surface area contributed by atoms with Crippen LogP contribution in [0.1, 0.15) is 6.42 Å². The van der Waals surface area contributed by atoms with Gasteiger partial charge in [-0.1, -0.05) is 22.6 Å². The second-order valence-electron chi connectivity index (χ2n) is 1.41. The maximum Gasteiger partial charge on any atom is 0.341 e. The molecule has 50 valence electrons. The number of alkyl halides is 1. The molecule has 0 heterocycles. The van der Waals surface area contributed by atoms with E-state index in [2.05, 4.69) is 22.6 Å². The molecule has 0 unspecified atom stereocenters. The highest BCUT2D eigenvalue weighted by atomic mass is 127. The zero-order valence-electron chi connectivity index (χ0n) is 4.13. The summed E-state index contributed by atoms with van der Waals surface area (Å²) in [5, 5.41) is 0. The van der Waals surface area contributed by atoms with E-state index < -0.39 is 6.00 Å². The van der Waals surface area contributed by atoms with Crippen molar-refractivity contribution in [3.05, 3.63) is 0 Å². The fourth-order valence-electron chi connectivity index (χ4n) is 0.267. The van der Waals surface area contributed by atoms with Crippen LogP contribution in [0.5, 0.6) is 0 Å². The summed E-state index contributed by atoms with van der Waals surface area (Å²) in [5.41, 5.74) is 0. The Morgan fingerprint density at radius 1 is 1.25 bits per heavy atom. The Morgan fingerprint density at radius 2 is 1.75 bits per heavy atom. The molecule has 0 aromatic heterocycles. The number of hydrogen-bond donors (Lipinski definition) is 0. The maximum absolute atomic E-state index is 5.58. The topological polar surface area (TPSA) is 0 Å². The molecule has 0 saturated carbocycles. The molecule has 0 saturated heterocycles. The molecule has 0 aliphatic heterocycles. The lowest BCUT2D eigenvalue weighted by Crippen LogP contribution is -2.07. The van der Waals surface area contributed by atoms with E-state index in [1.807, 2.05) is 0 Å². The minimum Gasteiger partial charge on any atom is -0.126 e. The zero-order valence-corrected chi connectivity index (χ0v) is 9.56. The summed E-state index contributed by atoms with van der Waals surface area (Å²) in [6, 6.07) is -1.47. The average Bonchev–Trinajstić information content (AvgIpc) is 1.59. The van der Waals surface area contributed by atoms with Gasteiger partial charge in [0.25, 0.3) is 0 Å². The van der Waals surface area contributed by atoms with Crippen molar-refractivity contribution in [1.82, 2.24) is 0 Å². The van der Waals surface area contributed by atoms with E-state index in [0.717, 1.165) is 16.9 Å². The Bertz CT molecular complexity index is 62.0. The van der Waals surface area contributed by atoms with E-state index in [4.69, 9.17) is 33.2 Å². The fraction of sp³-hybridized carbons (Fsp3) is 1.00. The molecule has 0 atom stereocenters. The lowest BCUT2D eigenvalue weighted by molar-refractivity contribution is 1.11. The van der Waals surface area contributed by atoms with Gasteiger partial charge in [0.05, 0.1) is 0 Å². The molecule has 0 nitrogen and oxygen atoms in total. The Morgan fingerprint density at radius 3 is 1.88 bits per heavy atom. The summed E-state index contributed by atoms with van der Waals surface area (Å²) in [4.78, 5) is 0. The Kier molecular flexibility index (Phi) is 5.65. The molecule has 0 fully saturated rings. The molecule has 0 aromatic rings. The first-order chi connectivity index (χ1) is 3.56. The highest BCUT2D eigenvalue weighted by molar-refractivity contribution is 14.1. The molecule has 0 radical (unpaired) electrons. The van der Waals surface area contributed by atoms with Crippen LogP contribution in [0.3, 0.4) is 0 Å². The number of rotatable bonds is 3. The summed E-state index contributed by atoms with van der Waals surface area (Å²) in [6.07, 6.45) is 1.03. The van der Waals surface area contributed by atoms with Crippen molar-refractivity contribution in [2.45, 2.75) is 12.5 Å². The molecule has 0 rings (SSSR count). The Labute approximate surface area is 78.1 Å². The van der Waals surface area contributed by atoms with Crippen molar-refractivity contribution in [2.24, 2.45) is 0 Å². The molecule has 0 spiro atoms. The Hall–Kier alpha value is 1.82. The predicted octanol–water partition coefficient (Wildman–Crippen LogP) is 3.47. The van der Waals surface area contributed by atoms with Gasteiger partial charge in [0.15, 0.2) is 0 Å². The van der Waals surface area contributed by atoms with Crippen LogP contribution in [0, 0.1) is 0 Å². The van der Waals surface area contributed by atoms with Crippen LogP contribution in [0.25, 0.3) is 0 Å². The van der Waals surface area contributed by atoms with Crippen molar-refractivity contribution >= 4 is 61.8 Å². The van der Waals surface area contributed by atoms with Gasteiger partial charge in [0, 0.05) is 0 Å². The van der Waals surface area contributed by atoms with Crippen LogP contribution in [0.15, 0.2) is 0 Å². The van der Waals surface area contributed by atoms with Gasteiger partial charge in [-0.15, -0.1) is 33.2 Å². The van der Waals surface area contributed by atoms with Gasteiger partial charge in [-0.05, 0) is 16.9 Å². The molecule has 8 heavy (non-hydrogen) atoms. The van der Waals surface area contributed by atoms with E-state index in [0.29, 0.717) is 0 Å². The van der Waals surface area contributed by atoms with Gasteiger partial charge >= 0.3 is 6.00 Å². The molecular weight excluding hydrogens is 297 g/mol. The van der Waals surface area contributed by atoms with Crippen LogP contribution < -0.4 is 0 Å². The summed E-state index contributed by atoms with van der Waals surface area (Å²) in [5.74, 6) is 0. The van der Waals surface area contributed by atoms with E-state index in [1.54, 1.807) is 0 Å². The van der Waals surface area contributed by atoms with E-state index in [1.165, 1.54) is 0 Å². The molecule has 0 N–H and O–H groups in total. The van der Waals surface area contributed by atoms with Crippen LogP contribution in [-0.4, -0.2) is 10.4 Å². The van der Waals surface area contributed by atoms with Crippen LogP contribution in [0.4, 0.5) is 0 Å². The number of hydrogen-bond acceptors (Lipinski definition) is 0. The molecule has 0 aliphatic carbocycles.